The van der Waals surface area contributed by atoms with Gasteiger partial charge in [-0.05, 0) is 61.7 Å². The fourth-order valence-electron chi connectivity index (χ4n) is 5.13. The molecule has 4 rings (SSSR count). The van der Waals surface area contributed by atoms with E-state index in [0.29, 0.717) is 23.7 Å². The van der Waals surface area contributed by atoms with E-state index in [1.165, 1.54) is 13.5 Å². The number of hydrogen-bond donors (Lipinski definition) is 1. The van der Waals surface area contributed by atoms with Gasteiger partial charge in [0.05, 0.1) is 13.0 Å². The van der Waals surface area contributed by atoms with Gasteiger partial charge in [0.1, 0.15) is 0 Å². The standard InChI is InChI=1S/C9H14F3NO2S.C9H12O2.2C2H6/c10-9(11,12)16(14,15)13-5-8-4-6-1-2-7(8)3-6;1-11-9(10)8-5-6-2-3-7(8)4-6;2*1-2/h6-8,13H,1-5H2;2-3,6-8H,4-5H2,1H3;2*1-2H3. The Bertz CT molecular complexity index is 693. The topological polar surface area (TPSA) is 72.5 Å². The second kappa shape index (κ2) is 12.2. The van der Waals surface area contributed by atoms with Gasteiger partial charge in [-0.2, -0.15) is 13.2 Å². The highest BCUT2D eigenvalue weighted by Gasteiger charge is 2.47. The third kappa shape index (κ3) is 7.20. The van der Waals surface area contributed by atoms with Gasteiger partial charge < -0.3 is 4.74 Å². The summed E-state index contributed by atoms with van der Waals surface area (Å²) < 4.78 is 64.1. The summed E-state index contributed by atoms with van der Waals surface area (Å²) in [5.41, 5.74) is -5.19. The molecular weight excluding hydrogens is 431 g/mol. The fraction of sp³-hybridized carbons (Fsp3) is 0.864. The number of alkyl halides is 3. The first kappa shape index (κ1) is 27.9. The molecular formula is C22H38F3NO4S. The monoisotopic (exact) mass is 469 g/mol. The number of nitrogens with one attached hydrogen (secondary N) is 1. The van der Waals surface area contributed by atoms with Crippen LogP contribution in [-0.2, 0) is 19.6 Å². The van der Waals surface area contributed by atoms with Gasteiger partial charge in [-0.15, -0.1) is 0 Å². The second-order valence-corrected chi connectivity index (χ2v) is 9.90. The van der Waals surface area contributed by atoms with Crippen molar-refractivity contribution >= 4 is 16.0 Å². The van der Waals surface area contributed by atoms with Crippen molar-refractivity contribution in [1.82, 2.24) is 4.72 Å². The van der Waals surface area contributed by atoms with E-state index < -0.39 is 15.5 Å². The van der Waals surface area contributed by atoms with Crippen LogP contribution in [0, 0.1) is 35.5 Å². The lowest BCUT2D eigenvalue weighted by Crippen LogP contribution is -2.39. The summed E-state index contributed by atoms with van der Waals surface area (Å²) in [5.74, 6) is 2.38. The van der Waals surface area contributed by atoms with E-state index in [4.69, 9.17) is 4.74 Å². The molecule has 4 aliphatic carbocycles. The zero-order valence-corrected chi connectivity index (χ0v) is 20.1. The molecule has 0 aromatic heterocycles. The van der Waals surface area contributed by atoms with Gasteiger partial charge in [0, 0.05) is 6.54 Å². The molecule has 182 valence electrons. The molecule has 3 fully saturated rings. The third-order valence-electron chi connectivity index (χ3n) is 6.51. The van der Waals surface area contributed by atoms with E-state index in [2.05, 4.69) is 12.2 Å². The molecule has 1 N–H and O–H groups in total. The molecule has 6 atom stereocenters. The molecule has 4 aliphatic rings. The van der Waals surface area contributed by atoms with E-state index in [1.807, 2.05) is 27.7 Å². The number of ether oxygens (including phenoxy) is 1. The van der Waals surface area contributed by atoms with Crippen LogP contribution in [0.3, 0.4) is 0 Å². The predicted octanol–water partition coefficient (Wildman–Crippen LogP) is 5.29. The summed E-state index contributed by atoms with van der Waals surface area (Å²) in [7, 11) is -3.68. The lowest BCUT2D eigenvalue weighted by molar-refractivity contribution is -0.146. The van der Waals surface area contributed by atoms with Gasteiger partial charge in [0.2, 0.25) is 0 Å². The number of halogens is 3. The van der Waals surface area contributed by atoms with Crippen molar-refractivity contribution < 1.29 is 31.1 Å². The van der Waals surface area contributed by atoms with Gasteiger partial charge >= 0.3 is 21.5 Å². The molecule has 5 nitrogen and oxygen atoms in total. The minimum Gasteiger partial charge on any atom is -0.469 e. The molecule has 0 saturated heterocycles. The number of fused-ring (bicyclic) bond motifs is 4. The van der Waals surface area contributed by atoms with Gasteiger partial charge in [-0.25, -0.2) is 13.1 Å². The summed E-state index contributed by atoms with van der Waals surface area (Å²) in [6.45, 7) is 7.93. The van der Waals surface area contributed by atoms with Crippen molar-refractivity contribution in [3.8, 4) is 0 Å². The molecule has 0 aromatic carbocycles. The summed E-state index contributed by atoms with van der Waals surface area (Å²) >= 11 is 0. The van der Waals surface area contributed by atoms with Crippen LogP contribution in [-0.4, -0.2) is 33.5 Å². The molecule has 0 aliphatic heterocycles. The lowest BCUT2D eigenvalue weighted by atomic mass is 9.89. The van der Waals surface area contributed by atoms with Crippen LogP contribution in [0.4, 0.5) is 13.2 Å². The van der Waals surface area contributed by atoms with Gasteiger partial charge in [-0.1, -0.05) is 46.3 Å². The summed E-state index contributed by atoms with van der Waals surface area (Å²) in [4.78, 5) is 11.1. The van der Waals surface area contributed by atoms with Crippen LogP contribution in [0.2, 0.25) is 0 Å². The van der Waals surface area contributed by atoms with E-state index in [1.54, 1.807) is 4.72 Å². The first-order valence-electron chi connectivity index (χ1n) is 11.4. The van der Waals surface area contributed by atoms with Crippen LogP contribution in [0.25, 0.3) is 0 Å². The Morgan fingerprint density at radius 1 is 1.03 bits per heavy atom. The Morgan fingerprint density at radius 2 is 1.68 bits per heavy atom. The lowest BCUT2D eigenvalue weighted by Gasteiger charge is -2.22. The smallest absolute Gasteiger partial charge is 0.469 e. The van der Waals surface area contributed by atoms with Crippen LogP contribution < -0.4 is 4.72 Å². The molecule has 0 spiro atoms. The first-order chi connectivity index (χ1) is 14.6. The molecule has 0 amide bonds. The Kier molecular flexibility index (Phi) is 11.0. The SMILES string of the molecule is CC.CC.COC(=O)C1CC2C=CC1C2.O=S(=O)(NCC1CC2CCC1C2)C(F)(F)F. The number of sulfonamides is 1. The van der Waals surface area contributed by atoms with Crippen molar-refractivity contribution in [3.05, 3.63) is 12.2 Å². The van der Waals surface area contributed by atoms with E-state index >= 15 is 0 Å². The molecule has 4 bridgehead atoms. The average molecular weight is 470 g/mol. The van der Waals surface area contributed by atoms with Crippen LogP contribution in [0.1, 0.15) is 66.2 Å². The van der Waals surface area contributed by atoms with Crippen molar-refractivity contribution in [2.45, 2.75) is 71.7 Å². The number of allylic oxidation sites excluding steroid dienone is 2. The maximum atomic E-state index is 12.0. The normalized spacial score (nSPS) is 32.3. The number of carbonyl (C=O) groups excluding carboxylic acids is 1. The summed E-state index contributed by atoms with van der Waals surface area (Å²) in [6, 6.07) is 0. The van der Waals surface area contributed by atoms with Gasteiger partial charge in [0.25, 0.3) is 0 Å². The van der Waals surface area contributed by atoms with Crippen LogP contribution in [0.15, 0.2) is 12.2 Å². The largest absolute Gasteiger partial charge is 0.511 e. The fourth-order valence-corrected chi connectivity index (χ4v) is 5.73. The number of carbonyl (C=O) groups is 1. The first-order valence-corrected chi connectivity index (χ1v) is 12.9. The highest BCUT2D eigenvalue weighted by Crippen LogP contribution is 2.48. The summed E-state index contributed by atoms with van der Waals surface area (Å²) in [6.07, 6.45) is 10.7. The maximum Gasteiger partial charge on any atom is 0.511 e. The highest BCUT2D eigenvalue weighted by molar-refractivity contribution is 7.90. The second-order valence-electron chi connectivity index (χ2n) is 8.14. The maximum absolute atomic E-state index is 12.0. The van der Waals surface area contributed by atoms with Crippen molar-refractivity contribution in [1.29, 1.82) is 0 Å². The van der Waals surface area contributed by atoms with Crippen LogP contribution >= 0.6 is 0 Å². The number of rotatable bonds is 4. The third-order valence-corrected chi connectivity index (χ3v) is 7.66. The van der Waals surface area contributed by atoms with E-state index in [-0.39, 0.29) is 24.3 Å². The minimum atomic E-state index is -5.19. The number of methoxy groups -OCH3 is 1. The Hall–Kier alpha value is -1.09. The molecule has 6 unspecified atom stereocenters. The Balaban J connectivity index is 0.000000279. The highest BCUT2D eigenvalue weighted by atomic mass is 32.2. The van der Waals surface area contributed by atoms with E-state index in [0.717, 1.165) is 32.1 Å². The van der Waals surface area contributed by atoms with Gasteiger partial charge in [-0.3, -0.25) is 4.79 Å². The van der Waals surface area contributed by atoms with Crippen molar-refractivity contribution in [2.75, 3.05) is 13.7 Å². The Labute approximate surface area is 185 Å². The Morgan fingerprint density at radius 3 is 2.06 bits per heavy atom. The minimum absolute atomic E-state index is 0.0261. The number of esters is 1. The molecule has 0 heterocycles. The zero-order valence-electron chi connectivity index (χ0n) is 19.2. The molecule has 9 heteroatoms. The molecule has 0 radical (unpaired) electrons. The quantitative estimate of drug-likeness (QED) is 0.449. The molecule has 0 aromatic rings. The van der Waals surface area contributed by atoms with Crippen molar-refractivity contribution in [2.24, 2.45) is 35.5 Å². The van der Waals surface area contributed by atoms with Gasteiger partial charge in [0.15, 0.2) is 0 Å². The van der Waals surface area contributed by atoms with Crippen molar-refractivity contribution in [3.63, 3.8) is 0 Å². The summed E-state index contributed by atoms with van der Waals surface area (Å²) in [5, 5.41) is 0. The predicted molar refractivity (Wildman–Crippen MR) is 115 cm³/mol. The molecule has 31 heavy (non-hydrogen) atoms. The van der Waals surface area contributed by atoms with Crippen LogP contribution in [0.5, 0.6) is 0 Å². The molecule has 3 saturated carbocycles. The number of hydrogen-bond acceptors (Lipinski definition) is 4. The van der Waals surface area contributed by atoms with E-state index in [9.17, 15) is 26.4 Å². The zero-order chi connectivity index (χ0) is 23.8. The average Bonchev–Trinajstić information content (AvgIpc) is 3.56.